The standard InChI is InChI=1S/C15H17N3O3/c1-10(19)16-7-8-17-15(21)13-9-18(11(2)20)14-6-4-3-5-12(13)14/h3-6,9H,7-8H2,1-2H3,(H,16,19)(H,17,21). The van der Waals surface area contributed by atoms with Crippen molar-refractivity contribution < 1.29 is 14.4 Å². The molecule has 2 N–H and O–H groups in total. The lowest BCUT2D eigenvalue weighted by molar-refractivity contribution is -0.118. The molecule has 0 unspecified atom stereocenters. The number of nitrogens with zero attached hydrogens (tertiary/aromatic N) is 1. The second kappa shape index (κ2) is 6.21. The summed E-state index contributed by atoms with van der Waals surface area (Å²) in [7, 11) is 0. The Balaban J connectivity index is 2.19. The Morgan fingerprint density at radius 1 is 1.05 bits per heavy atom. The van der Waals surface area contributed by atoms with Crippen molar-refractivity contribution in [1.29, 1.82) is 0 Å². The topological polar surface area (TPSA) is 80.2 Å². The minimum atomic E-state index is -0.267. The van der Waals surface area contributed by atoms with Crippen molar-refractivity contribution in [3.63, 3.8) is 0 Å². The lowest BCUT2D eigenvalue weighted by Gasteiger charge is -2.04. The number of fused-ring (bicyclic) bond motifs is 1. The summed E-state index contributed by atoms with van der Waals surface area (Å²) in [6, 6.07) is 7.24. The Morgan fingerprint density at radius 3 is 2.38 bits per heavy atom. The third-order valence-corrected chi connectivity index (χ3v) is 3.08. The molecule has 6 heteroatoms. The van der Waals surface area contributed by atoms with E-state index < -0.39 is 0 Å². The molecule has 0 bridgehead atoms. The van der Waals surface area contributed by atoms with E-state index >= 15 is 0 Å². The number of carbonyl (C=O) groups excluding carboxylic acids is 3. The predicted molar refractivity (Wildman–Crippen MR) is 79.3 cm³/mol. The van der Waals surface area contributed by atoms with E-state index in [-0.39, 0.29) is 17.7 Å². The number of benzene rings is 1. The molecule has 2 amide bonds. The first-order chi connectivity index (χ1) is 10.0. The first-order valence-corrected chi connectivity index (χ1v) is 6.64. The van der Waals surface area contributed by atoms with Gasteiger partial charge in [-0.05, 0) is 6.07 Å². The van der Waals surface area contributed by atoms with Crippen molar-refractivity contribution in [2.24, 2.45) is 0 Å². The van der Waals surface area contributed by atoms with E-state index in [0.29, 0.717) is 24.2 Å². The molecule has 0 saturated heterocycles. The molecule has 0 radical (unpaired) electrons. The van der Waals surface area contributed by atoms with Gasteiger partial charge in [0.25, 0.3) is 5.91 Å². The van der Waals surface area contributed by atoms with E-state index in [9.17, 15) is 14.4 Å². The monoisotopic (exact) mass is 287 g/mol. The largest absolute Gasteiger partial charge is 0.355 e. The van der Waals surface area contributed by atoms with Crippen LogP contribution in [0.2, 0.25) is 0 Å². The second-order valence-electron chi connectivity index (χ2n) is 4.69. The Morgan fingerprint density at radius 2 is 1.71 bits per heavy atom. The summed E-state index contributed by atoms with van der Waals surface area (Å²) in [5.41, 5.74) is 1.15. The molecule has 0 saturated carbocycles. The quantitative estimate of drug-likeness (QED) is 0.828. The molecule has 0 aliphatic carbocycles. The number of amides is 2. The van der Waals surface area contributed by atoms with Crippen molar-refractivity contribution >= 4 is 28.6 Å². The van der Waals surface area contributed by atoms with Crippen molar-refractivity contribution in [3.05, 3.63) is 36.0 Å². The Hall–Kier alpha value is -2.63. The van der Waals surface area contributed by atoms with Gasteiger partial charge in [-0.1, -0.05) is 18.2 Å². The molecule has 21 heavy (non-hydrogen) atoms. The highest BCUT2D eigenvalue weighted by molar-refractivity contribution is 6.09. The van der Waals surface area contributed by atoms with Gasteiger partial charge in [0.1, 0.15) is 0 Å². The summed E-state index contributed by atoms with van der Waals surface area (Å²) in [6.45, 7) is 3.57. The van der Waals surface area contributed by atoms with Crippen LogP contribution in [-0.4, -0.2) is 35.4 Å². The number of aromatic nitrogens is 1. The molecule has 110 valence electrons. The average molecular weight is 287 g/mol. The van der Waals surface area contributed by atoms with E-state index in [0.717, 1.165) is 5.39 Å². The molecule has 2 rings (SSSR count). The van der Waals surface area contributed by atoms with Crippen LogP contribution in [0.5, 0.6) is 0 Å². The lowest BCUT2D eigenvalue weighted by atomic mass is 10.1. The van der Waals surface area contributed by atoms with Crippen LogP contribution >= 0.6 is 0 Å². The number of rotatable bonds is 4. The summed E-state index contributed by atoms with van der Waals surface area (Å²) in [5.74, 6) is -0.558. The minimum Gasteiger partial charge on any atom is -0.355 e. The van der Waals surface area contributed by atoms with Crippen LogP contribution in [0.25, 0.3) is 10.9 Å². The third-order valence-electron chi connectivity index (χ3n) is 3.08. The minimum absolute atomic E-state index is 0.141. The van der Waals surface area contributed by atoms with E-state index in [4.69, 9.17) is 0 Å². The zero-order valence-corrected chi connectivity index (χ0v) is 12.0. The van der Waals surface area contributed by atoms with Crippen molar-refractivity contribution in [2.75, 3.05) is 13.1 Å². The van der Waals surface area contributed by atoms with Crippen LogP contribution in [0, 0.1) is 0 Å². The maximum atomic E-state index is 12.2. The van der Waals surface area contributed by atoms with Crippen LogP contribution in [0.1, 0.15) is 29.0 Å². The molecule has 0 fully saturated rings. The summed E-state index contributed by atoms with van der Waals surface area (Å²) in [5, 5.41) is 6.05. The number of para-hydroxylation sites is 1. The summed E-state index contributed by atoms with van der Waals surface area (Å²) < 4.78 is 1.46. The number of carbonyl (C=O) groups is 3. The molecule has 2 aromatic rings. The van der Waals surface area contributed by atoms with E-state index in [1.807, 2.05) is 12.1 Å². The third kappa shape index (κ3) is 3.28. The van der Waals surface area contributed by atoms with Gasteiger partial charge < -0.3 is 10.6 Å². The van der Waals surface area contributed by atoms with Gasteiger partial charge in [0.15, 0.2) is 0 Å². The molecule has 1 aromatic heterocycles. The highest BCUT2D eigenvalue weighted by atomic mass is 16.2. The Kier molecular flexibility index (Phi) is 4.37. The number of hydrogen-bond acceptors (Lipinski definition) is 3. The van der Waals surface area contributed by atoms with Crippen molar-refractivity contribution in [2.45, 2.75) is 13.8 Å². The fourth-order valence-electron chi connectivity index (χ4n) is 2.13. The SMILES string of the molecule is CC(=O)NCCNC(=O)c1cn(C(C)=O)c2ccccc12. The molecule has 1 aromatic carbocycles. The molecule has 1 heterocycles. The fraction of sp³-hybridized carbons (Fsp3) is 0.267. The van der Waals surface area contributed by atoms with Crippen molar-refractivity contribution in [1.82, 2.24) is 15.2 Å². The molecule has 0 aliphatic rings. The Bertz CT molecular complexity index is 703. The van der Waals surface area contributed by atoms with Crippen LogP contribution in [-0.2, 0) is 4.79 Å². The summed E-state index contributed by atoms with van der Waals surface area (Å²) in [6.07, 6.45) is 1.54. The molecular formula is C15H17N3O3. The maximum absolute atomic E-state index is 12.2. The van der Waals surface area contributed by atoms with Gasteiger partial charge in [-0.3, -0.25) is 19.0 Å². The molecule has 0 spiro atoms. The summed E-state index contributed by atoms with van der Waals surface area (Å²) >= 11 is 0. The highest BCUT2D eigenvalue weighted by Gasteiger charge is 2.15. The van der Waals surface area contributed by atoms with Gasteiger partial charge in [0.2, 0.25) is 11.8 Å². The van der Waals surface area contributed by atoms with Gasteiger partial charge in [-0.25, -0.2) is 0 Å². The van der Waals surface area contributed by atoms with Crippen LogP contribution < -0.4 is 10.6 Å². The number of hydrogen-bond donors (Lipinski definition) is 2. The smallest absolute Gasteiger partial charge is 0.253 e. The first-order valence-electron chi connectivity index (χ1n) is 6.64. The zero-order valence-electron chi connectivity index (χ0n) is 12.0. The first kappa shape index (κ1) is 14.8. The van der Waals surface area contributed by atoms with Gasteiger partial charge in [-0.15, -0.1) is 0 Å². The van der Waals surface area contributed by atoms with E-state index in [1.54, 1.807) is 18.3 Å². The molecule has 6 nitrogen and oxygen atoms in total. The van der Waals surface area contributed by atoms with Crippen LogP contribution in [0.3, 0.4) is 0 Å². The summed E-state index contributed by atoms with van der Waals surface area (Å²) in [4.78, 5) is 34.6. The molecular weight excluding hydrogens is 270 g/mol. The average Bonchev–Trinajstić information content (AvgIpc) is 2.83. The van der Waals surface area contributed by atoms with E-state index in [2.05, 4.69) is 10.6 Å². The zero-order chi connectivity index (χ0) is 15.4. The van der Waals surface area contributed by atoms with E-state index in [1.165, 1.54) is 18.4 Å². The van der Waals surface area contributed by atoms with Gasteiger partial charge in [-0.2, -0.15) is 0 Å². The predicted octanol–water partition coefficient (Wildman–Crippen LogP) is 1.17. The van der Waals surface area contributed by atoms with Gasteiger partial charge in [0, 0.05) is 38.5 Å². The van der Waals surface area contributed by atoms with Gasteiger partial charge >= 0.3 is 0 Å². The van der Waals surface area contributed by atoms with Crippen LogP contribution in [0.4, 0.5) is 0 Å². The fourth-order valence-corrected chi connectivity index (χ4v) is 2.13. The highest BCUT2D eigenvalue weighted by Crippen LogP contribution is 2.21. The second-order valence-corrected chi connectivity index (χ2v) is 4.69. The van der Waals surface area contributed by atoms with Crippen LogP contribution in [0.15, 0.2) is 30.5 Å². The molecule has 0 atom stereocenters. The van der Waals surface area contributed by atoms with Gasteiger partial charge in [0.05, 0.1) is 11.1 Å². The molecule has 0 aliphatic heterocycles. The normalized spacial score (nSPS) is 10.4. The van der Waals surface area contributed by atoms with Crippen molar-refractivity contribution in [3.8, 4) is 0 Å². The maximum Gasteiger partial charge on any atom is 0.253 e. The number of nitrogens with one attached hydrogen (secondary N) is 2. The Labute approximate surface area is 122 Å². The lowest BCUT2D eigenvalue weighted by Crippen LogP contribution is -2.33.